The van der Waals surface area contributed by atoms with Crippen LogP contribution in [0.1, 0.15) is 22.8 Å². The summed E-state index contributed by atoms with van der Waals surface area (Å²) in [6, 6.07) is 17.4. The lowest BCUT2D eigenvalue weighted by Gasteiger charge is -2.13. The van der Waals surface area contributed by atoms with Crippen molar-refractivity contribution >= 4 is 11.5 Å². The number of Topliss-reactive ketones (excluding diaryl/α,β-unsaturated/α-hetero) is 1. The molecule has 0 radical (unpaired) electrons. The van der Waals surface area contributed by atoms with Crippen LogP contribution in [-0.4, -0.2) is 18.4 Å². The number of carbonyl (C=O) groups excluding carboxylic acids is 1. The summed E-state index contributed by atoms with van der Waals surface area (Å²) in [5, 5.41) is 3.26. The molecule has 0 aliphatic rings. The summed E-state index contributed by atoms with van der Waals surface area (Å²) < 4.78 is 0. The lowest BCUT2D eigenvalue weighted by Crippen LogP contribution is -2.33. The molecule has 2 aromatic carbocycles. The van der Waals surface area contributed by atoms with Gasteiger partial charge in [0.1, 0.15) is 0 Å². The Morgan fingerprint density at radius 2 is 1.90 bits per heavy atom. The highest BCUT2D eigenvalue weighted by atomic mass is 16.1. The number of hydrogen-bond acceptors (Lipinski definition) is 3. The molecule has 0 spiro atoms. The molecule has 0 aliphatic heterocycles. The third-order valence-corrected chi connectivity index (χ3v) is 3.20. The number of nitrogens with two attached hydrogens (primary N) is 1. The van der Waals surface area contributed by atoms with Gasteiger partial charge in [0.05, 0.1) is 6.54 Å². The second-order valence-corrected chi connectivity index (χ2v) is 5.02. The van der Waals surface area contributed by atoms with Gasteiger partial charge < -0.3 is 11.1 Å². The monoisotopic (exact) mass is 268 g/mol. The minimum absolute atomic E-state index is 0.116. The van der Waals surface area contributed by atoms with Crippen LogP contribution in [0.4, 0.5) is 5.69 Å². The maximum atomic E-state index is 12.0. The smallest absolute Gasteiger partial charge is 0.176 e. The van der Waals surface area contributed by atoms with Crippen LogP contribution in [-0.2, 0) is 6.42 Å². The summed E-state index contributed by atoms with van der Waals surface area (Å²) in [4.78, 5) is 12.0. The number of rotatable bonds is 6. The molecule has 2 rings (SSSR count). The third-order valence-electron chi connectivity index (χ3n) is 3.20. The Hall–Kier alpha value is -2.13. The first-order chi connectivity index (χ1) is 9.65. The fourth-order valence-electron chi connectivity index (χ4n) is 2.14. The van der Waals surface area contributed by atoms with E-state index in [-0.39, 0.29) is 11.8 Å². The van der Waals surface area contributed by atoms with E-state index >= 15 is 0 Å². The van der Waals surface area contributed by atoms with Crippen molar-refractivity contribution in [3.05, 3.63) is 65.7 Å². The van der Waals surface area contributed by atoms with E-state index in [2.05, 4.69) is 12.2 Å². The molecule has 20 heavy (non-hydrogen) atoms. The van der Waals surface area contributed by atoms with Gasteiger partial charge >= 0.3 is 0 Å². The van der Waals surface area contributed by atoms with E-state index in [9.17, 15) is 4.79 Å². The van der Waals surface area contributed by atoms with Gasteiger partial charge in [0.25, 0.3) is 0 Å². The zero-order valence-electron chi connectivity index (χ0n) is 11.7. The molecular weight excluding hydrogens is 248 g/mol. The minimum Gasteiger partial charge on any atom is -0.399 e. The maximum Gasteiger partial charge on any atom is 0.176 e. The molecule has 0 heterocycles. The molecule has 0 saturated carbocycles. The molecular formula is C17H20N2O. The van der Waals surface area contributed by atoms with E-state index in [1.54, 1.807) is 0 Å². The topological polar surface area (TPSA) is 55.1 Å². The number of anilines is 1. The molecule has 0 bridgehead atoms. The van der Waals surface area contributed by atoms with Gasteiger partial charge in [0.2, 0.25) is 0 Å². The molecule has 0 aromatic heterocycles. The Bertz CT molecular complexity index is 566. The Morgan fingerprint density at radius 1 is 1.15 bits per heavy atom. The van der Waals surface area contributed by atoms with Crippen molar-refractivity contribution in [3.63, 3.8) is 0 Å². The summed E-state index contributed by atoms with van der Waals surface area (Å²) in [5.74, 6) is 0.116. The van der Waals surface area contributed by atoms with Crippen LogP contribution < -0.4 is 11.1 Å². The fraction of sp³-hybridized carbons (Fsp3) is 0.235. The van der Waals surface area contributed by atoms with Crippen LogP contribution >= 0.6 is 0 Å². The summed E-state index contributed by atoms with van der Waals surface area (Å²) in [6.45, 7) is 2.43. The first-order valence-electron chi connectivity index (χ1n) is 6.81. The molecule has 3 N–H and O–H groups in total. The predicted octanol–water partition coefficient (Wildman–Crippen LogP) is 2.67. The van der Waals surface area contributed by atoms with Crippen LogP contribution in [0.15, 0.2) is 54.6 Å². The van der Waals surface area contributed by atoms with Crippen molar-refractivity contribution in [2.75, 3.05) is 12.3 Å². The van der Waals surface area contributed by atoms with E-state index < -0.39 is 0 Å². The number of nitrogens with one attached hydrogen (secondary N) is 1. The van der Waals surface area contributed by atoms with E-state index in [1.807, 2.05) is 54.6 Å². The highest BCUT2D eigenvalue weighted by Crippen LogP contribution is 2.09. The summed E-state index contributed by atoms with van der Waals surface area (Å²) in [5.41, 5.74) is 8.46. The van der Waals surface area contributed by atoms with Crippen LogP contribution in [0.25, 0.3) is 0 Å². The zero-order chi connectivity index (χ0) is 14.4. The Labute approximate surface area is 119 Å². The van der Waals surface area contributed by atoms with Gasteiger partial charge in [-0.25, -0.2) is 0 Å². The molecule has 0 aliphatic carbocycles. The molecule has 1 unspecified atom stereocenters. The number of ketones is 1. The van der Waals surface area contributed by atoms with E-state index in [4.69, 9.17) is 5.73 Å². The quantitative estimate of drug-likeness (QED) is 0.625. The van der Waals surface area contributed by atoms with Crippen molar-refractivity contribution in [2.24, 2.45) is 0 Å². The minimum atomic E-state index is 0.116. The second kappa shape index (κ2) is 6.87. The van der Waals surface area contributed by atoms with Gasteiger partial charge in [-0.2, -0.15) is 0 Å². The predicted molar refractivity (Wildman–Crippen MR) is 82.8 cm³/mol. The number of benzene rings is 2. The van der Waals surface area contributed by atoms with Crippen molar-refractivity contribution in [1.29, 1.82) is 0 Å². The van der Waals surface area contributed by atoms with Crippen LogP contribution in [0.5, 0.6) is 0 Å². The SMILES string of the molecule is CC(Cc1cccc(N)c1)NCC(=O)c1ccccc1. The first-order valence-corrected chi connectivity index (χ1v) is 6.81. The number of carbonyl (C=O) groups is 1. The zero-order valence-corrected chi connectivity index (χ0v) is 11.7. The molecule has 0 fully saturated rings. The van der Waals surface area contributed by atoms with Crippen molar-refractivity contribution in [2.45, 2.75) is 19.4 Å². The van der Waals surface area contributed by atoms with E-state index in [1.165, 1.54) is 5.56 Å². The average Bonchev–Trinajstić information content (AvgIpc) is 2.46. The number of hydrogen-bond donors (Lipinski definition) is 2. The number of nitrogen functional groups attached to an aromatic ring is 1. The standard InChI is InChI=1S/C17H20N2O/c1-13(10-14-6-5-9-16(18)11-14)19-12-17(20)15-7-3-2-4-8-15/h2-9,11,13,19H,10,12,18H2,1H3. The van der Waals surface area contributed by atoms with Crippen molar-refractivity contribution in [1.82, 2.24) is 5.32 Å². The molecule has 1 atom stereocenters. The molecule has 3 nitrogen and oxygen atoms in total. The molecule has 104 valence electrons. The summed E-state index contributed by atoms with van der Waals surface area (Å²) >= 11 is 0. The normalized spacial score (nSPS) is 12.1. The van der Waals surface area contributed by atoms with Gasteiger partial charge in [-0.05, 0) is 31.0 Å². The average molecular weight is 268 g/mol. The van der Waals surface area contributed by atoms with Gasteiger partial charge in [-0.3, -0.25) is 4.79 Å². The van der Waals surface area contributed by atoms with E-state index in [0.29, 0.717) is 6.54 Å². The molecule has 3 heteroatoms. The highest BCUT2D eigenvalue weighted by molar-refractivity contribution is 5.97. The Morgan fingerprint density at radius 3 is 2.60 bits per heavy atom. The maximum absolute atomic E-state index is 12.0. The summed E-state index contributed by atoms with van der Waals surface area (Å²) in [7, 11) is 0. The van der Waals surface area contributed by atoms with Crippen LogP contribution in [0.2, 0.25) is 0 Å². The van der Waals surface area contributed by atoms with Gasteiger partial charge in [-0.1, -0.05) is 42.5 Å². The van der Waals surface area contributed by atoms with Gasteiger partial charge in [0, 0.05) is 17.3 Å². The Kier molecular flexibility index (Phi) is 4.91. The third kappa shape index (κ3) is 4.21. The Balaban J connectivity index is 1.83. The van der Waals surface area contributed by atoms with Crippen LogP contribution in [0.3, 0.4) is 0 Å². The second-order valence-electron chi connectivity index (χ2n) is 5.02. The molecule has 2 aromatic rings. The lowest BCUT2D eigenvalue weighted by molar-refractivity contribution is 0.0988. The fourth-order valence-corrected chi connectivity index (χ4v) is 2.14. The largest absolute Gasteiger partial charge is 0.399 e. The summed E-state index contributed by atoms with van der Waals surface area (Å²) in [6.07, 6.45) is 0.854. The van der Waals surface area contributed by atoms with E-state index in [0.717, 1.165) is 17.7 Å². The first kappa shape index (κ1) is 14.3. The van der Waals surface area contributed by atoms with Crippen LogP contribution in [0, 0.1) is 0 Å². The lowest BCUT2D eigenvalue weighted by atomic mass is 10.1. The van der Waals surface area contributed by atoms with Crippen molar-refractivity contribution in [3.8, 4) is 0 Å². The van der Waals surface area contributed by atoms with Gasteiger partial charge in [0.15, 0.2) is 5.78 Å². The molecule has 0 amide bonds. The highest BCUT2D eigenvalue weighted by Gasteiger charge is 2.08. The van der Waals surface area contributed by atoms with Crippen molar-refractivity contribution < 1.29 is 4.79 Å². The van der Waals surface area contributed by atoms with Gasteiger partial charge in [-0.15, -0.1) is 0 Å². The molecule has 0 saturated heterocycles.